The Labute approximate surface area is 164 Å². The van der Waals surface area contributed by atoms with Gasteiger partial charge in [-0.3, -0.25) is 9.69 Å². The van der Waals surface area contributed by atoms with Gasteiger partial charge in [-0.15, -0.1) is 11.3 Å². The Bertz CT molecular complexity index is 697. The summed E-state index contributed by atoms with van der Waals surface area (Å²) in [4.78, 5) is 16.0. The number of hydrogen-bond acceptors (Lipinski definition) is 4. The molecule has 6 heteroatoms. The summed E-state index contributed by atoms with van der Waals surface area (Å²) < 4.78 is 13.3. The van der Waals surface area contributed by atoms with Crippen LogP contribution in [0.25, 0.3) is 0 Å². The number of thiophene rings is 1. The first kappa shape index (κ1) is 20.0. The lowest BCUT2D eigenvalue weighted by molar-refractivity contribution is -0.123. The van der Waals surface area contributed by atoms with Crippen LogP contribution in [-0.4, -0.2) is 44.0 Å². The predicted octanol–water partition coefficient (Wildman–Crippen LogP) is 3.41. The molecule has 1 aromatic heterocycles. The van der Waals surface area contributed by atoms with Gasteiger partial charge in [0, 0.05) is 4.88 Å². The summed E-state index contributed by atoms with van der Waals surface area (Å²) in [5.41, 5.74) is 0.901. The van der Waals surface area contributed by atoms with Crippen molar-refractivity contribution in [2.45, 2.75) is 25.3 Å². The molecule has 27 heavy (non-hydrogen) atoms. The van der Waals surface area contributed by atoms with Crippen LogP contribution in [0.4, 0.5) is 4.39 Å². The van der Waals surface area contributed by atoms with Crippen molar-refractivity contribution in [2.24, 2.45) is 5.92 Å². The minimum atomic E-state index is -0.267. The third-order valence-electron chi connectivity index (χ3n) is 5.21. The van der Waals surface area contributed by atoms with Gasteiger partial charge in [0.25, 0.3) is 0 Å². The largest absolute Gasteiger partial charge is 0.343 e. The first-order valence-electron chi connectivity index (χ1n) is 9.61. The van der Waals surface area contributed by atoms with Gasteiger partial charge < -0.3 is 10.6 Å². The van der Waals surface area contributed by atoms with Crippen LogP contribution in [-0.2, 0) is 4.79 Å². The average Bonchev–Trinajstić information content (AvgIpc) is 3.21. The van der Waals surface area contributed by atoms with E-state index in [4.69, 9.17) is 0 Å². The first-order chi connectivity index (χ1) is 13.2. The lowest BCUT2D eigenvalue weighted by Gasteiger charge is -2.32. The highest BCUT2D eigenvalue weighted by molar-refractivity contribution is 7.10. The zero-order valence-corrected chi connectivity index (χ0v) is 16.6. The van der Waals surface area contributed by atoms with Crippen molar-refractivity contribution in [3.63, 3.8) is 0 Å². The van der Waals surface area contributed by atoms with Crippen LogP contribution < -0.4 is 10.6 Å². The topological polar surface area (TPSA) is 44.4 Å². The minimum absolute atomic E-state index is 0.0198. The Morgan fingerprint density at radius 2 is 2.00 bits per heavy atom. The number of amides is 1. The van der Waals surface area contributed by atoms with Gasteiger partial charge in [-0.1, -0.05) is 18.2 Å². The molecular formula is C21H28FN3OS. The van der Waals surface area contributed by atoms with Crippen LogP contribution in [0.15, 0.2) is 41.8 Å². The molecule has 1 aliphatic rings. The Kier molecular flexibility index (Phi) is 7.38. The SMILES string of the molecule is CNCCC1CCN(CC(=O)NC(c2ccc(F)cc2)c2cccs2)CC1. The number of piperidine rings is 1. The van der Waals surface area contributed by atoms with E-state index in [1.54, 1.807) is 23.5 Å². The van der Waals surface area contributed by atoms with Crippen LogP contribution in [0, 0.1) is 11.7 Å². The molecule has 1 aliphatic heterocycles. The molecule has 1 fully saturated rings. The molecule has 0 bridgehead atoms. The zero-order chi connectivity index (χ0) is 19.1. The minimum Gasteiger partial charge on any atom is -0.343 e. The second kappa shape index (κ2) is 9.97. The van der Waals surface area contributed by atoms with Crippen molar-refractivity contribution in [2.75, 3.05) is 33.2 Å². The normalized spacial score (nSPS) is 17.0. The Balaban J connectivity index is 1.56. The number of halogens is 1. The van der Waals surface area contributed by atoms with Crippen LogP contribution in [0.2, 0.25) is 0 Å². The van der Waals surface area contributed by atoms with E-state index in [-0.39, 0.29) is 17.8 Å². The molecule has 0 spiro atoms. The van der Waals surface area contributed by atoms with Gasteiger partial charge in [0.1, 0.15) is 5.82 Å². The highest BCUT2D eigenvalue weighted by Gasteiger charge is 2.23. The number of likely N-dealkylation sites (tertiary alicyclic amines) is 1. The zero-order valence-electron chi connectivity index (χ0n) is 15.8. The second-order valence-electron chi connectivity index (χ2n) is 7.18. The molecule has 0 aliphatic carbocycles. The van der Waals surface area contributed by atoms with Gasteiger partial charge in [-0.25, -0.2) is 4.39 Å². The predicted molar refractivity (Wildman–Crippen MR) is 108 cm³/mol. The van der Waals surface area contributed by atoms with Crippen LogP contribution in [0.1, 0.15) is 35.7 Å². The standard InChI is InChI=1S/C21H28FN3OS/c1-23-11-8-16-9-12-25(13-10-16)15-20(26)24-21(19-3-2-14-27-19)17-4-6-18(22)7-5-17/h2-7,14,16,21,23H,8-13,15H2,1H3,(H,24,26). The fourth-order valence-electron chi connectivity index (χ4n) is 3.62. The van der Waals surface area contributed by atoms with E-state index in [1.165, 1.54) is 18.6 Å². The van der Waals surface area contributed by atoms with Crippen LogP contribution in [0.3, 0.4) is 0 Å². The first-order valence-corrected chi connectivity index (χ1v) is 10.5. The summed E-state index contributed by atoms with van der Waals surface area (Å²) in [7, 11) is 1.99. The van der Waals surface area contributed by atoms with Gasteiger partial charge in [0.15, 0.2) is 0 Å². The fourth-order valence-corrected chi connectivity index (χ4v) is 4.42. The molecule has 2 N–H and O–H groups in total. The Morgan fingerprint density at radius 1 is 1.26 bits per heavy atom. The molecule has 1 unspecified atom stereocenters. The summed E-state index contributed by atoms with van der Waals surface area (Å²) >= 11 is 1.60. The van der Waals surface area contributed by atoms with Gasteiger partial charge in [-0.05, 0) is 81.0 Å². The van der Waals surface area contributed by atoms with Gasteiger partial charge in [-0.2, -0.15) is 0 Å². The molecule has 2 heterocycles. The highest BCUT2D eigenvalue weighted by Crippen LogP contribution is 2.26. The number of nitrogens with one attached hydrogen (secondary N) is 2. The molecule has 0 radical (unpaired) electrons. The quantitative estimate of drug-likeness (QED) is 0.727. The Morgan fingerprint density at radius 3 is 2.63 bits per heavy atom. The second-order valence-corrected chi connectivity index (χ2v) is 8.16. The van der Waals surface area contributed by atoms with Gasteiger partial charge in [0.05, 0.1) is 12.6 Å². The van der Waals surface area contributed by atoms with Crippen molar-refractivity contribution < 1.29 is 9.18 Å². The van der Waals surface area contributed by atoms with E-state index in [2.05, 4.69) is 15.5 Å². The van der Waals surface area contributed by atoms with Crippen molar-refractivity contribution >= 4 is 17.2 Å². The summed E-state index contributed by atoms with van der Waals surface area (Å²) in [6, 6.07) is 10.1. The summed E-state index contributed by atoms with van der Waals surface area (Å²) in [6.45, 7) is 3.43. The number of benzene rings is 1. The Hall–Kier alpha value is -1.76. The van der Waals surface area contributed by atoms with Gasteiger partial charge in [0.2, 0.25) is 5.91 Å². The molecule has 1 amide bonds. The number of hydrogen-bond donors (Lipinski definition) is 2. The van der Waals surface area contributed by atoms with E-state index in [0.29, 0.717) is 6.54 Å². The third-order valence-corrected chi connectivity index (χ3v) is 6.15. The highest BCUT2D eigenvalue weighted by atomic mass is 32.1. The number of rotatable bonds is 8. The van der Waals surface area contributed by atoms with Crippen LogP contribution in [0.5, 0.6) is 0 Å². The van der Waals surface area contributed by atoms with Gasteiger partial charge >= 0.3 is 0 Å². The smallest absolute Gasteiger partial charge is 0.234 e. The van der Waals surface area contributed by atoms with Crippen molar-refractivity contribution in [3.8, 4) is 0 Å². The van der Waals surface area contributed by atoms with E-state index < -0.39 is 0 Å². The van der Waals surface area contributed by atoms with Crippen LogP contribution >= 0.6 is 11.3 Å². The van der Waals surface area contributed by atoms with E-state index in [0.717, 1.165) is 48.8 Å². The lowest BCUT2D eigenvalue weighted by atomic mass is 9.93. The maximum Gasteiger partial charge on any atom is 0.234 e. The number of carbonyl (C=O) groups excluding carboxylic acids is 1. The number of nitrogens with zero attached hydrogens (tertiary/aromatic N) is 1. The summed E-state index contributed by atoms with van der Waals surface area (Å²) in [5.74, 6) is 0.511. The molecule has 1 atom stereocenters. The fraction of sp³-hybridized carbons (Fsp3) is 0.476. The molecule has 1 saturated heterocycles. The van der Waals surface area contributed by atoms with E-state index in [1.807, 2.05) is 24.6 Å². The monoisotopic (exact) mass is 389 g/mol. The maximum absolute atomic E-state index is 13.3. The number of carbonyl (C=O) groups is 1. The van der Waals surface area contributed by atoms with Crippen molar-refractivity contribution in [1.29, 1.82) is 0 Å². The van der Waals surface area contributed by atoms with Crippen molar-refractivity contribution in [3.05, 3.63) is 58.0 Å². The molecule has 3 rings (SSSR count). The van der Waals surface area contributed by atoms with E-state index >= 15 is 0 Å². The molecule has 0 saturated carbocycles. The molecule has 2 aromatic rings. The molecule has 146 valence electrons. The lowest BCUT2D eigenvalue weighted by Crippen LogP contribution is -2.42. The van der Waals surface area contributed by atoms with E-state index in [9.17, 15) is 9.18 Å². The summed E-state index contributed by atoms with van der Waals surface area (Å²) in [5, 5.41) is 8.35. The molecule has 1 aromatic carbocycles. The maximum atomic E-state index is 13.3. The third kappa shape index (κ3) is 5.86. The van der Waals surface area contributed by atoms with Crippen molar-refractivity contribution in [1.82, 2.24) is 15.5 Å². The molecular weight excluding hydrogens is 361 g/mol. The average molecular weight is 390 g/mol. The summed E-state index contributed by atoms with van der Waals surface area (Å²) in [6.07, 6.45) is 3.52. The molecule has 4 nitrogen and oxygen atoms in total.